The molecule has 1 amide bonds. The van der Waals surface area contributed by atoms with Crippen LogP contribution in [0.3, 0.4) is 0 Å². The summed E-state index contributed by atoms with van der Waals surface area (Å²) in [7, 11) is 0. The van der Waals surface area contributed by atoms with Crippen molar-refractivity contribution in [2.45, 2.75) is 65.0 Å². The molecule has 4 nitrogen and oxygen atoms in total. The second kappa shape index (κ2) is 11.1. The average Bonchev–Trinajstić information content (AvgIpc) is 2.55. The fourth-order valence-corrected chi connectivity index (χ4v) is 2.36. The van der Waals surface area contributed by atoms with Crippen molar-refractivity contribution in [1.29, 1.82) is 0 Å². The molecular formula is C18H29NO3. The smallest absolute Gasteiger partial charge is 0.258 e. The van der Waals surface area contributed by atoms with Gasteiger partial charge < -0.3 is 15.2 Å². The largest absolute Gasteiger partial charge is 0.484 e. The molecule has 1 saturated carbocycles. The molecule has 0 aliphatic heterocycles. The second-order valence-electron chi connectivity index (χ2n) is 5.70. The van der Waals surface area contributed by atoms with Crippen molar-refractivity contribution in [3.63, 3.8) is 0 Å². The normalized spacial score (nSPS) is 14.7. The maximum Gasteiger partial charge on any atom is 0.258 e. The predicted octanol–water partition coefficient (Wildman–Crippen LogP) is 3.42. The monoisotopic (exact) mass is 307 g/mol. The first kappa shape index (κ1) is 18.5. The molecule has 0 atom stereocenters. The van der Waals surface area contributed by atoms with E-state index in [-0.39, 0.29) is 19.1 Å². The summed E-state index contributed by atoms with van der Waals surface area (Å²) in [6, 6.07) is 7.42. The summed E-state index contributed by atoms with van der Waals surface area (Å²) in [5.74, 6) is 0.592. The summed E-state index contributed by atoms with van der Waals surface area (Å²) in [4.78, 5) is 11.7. The molecule has 0 saturated heterocycles. The summed E-state index contributed by atoms with van der Waals surface area (Å²) in [6.45, 7) is 4.32. The second-order valence-corrected chi connectivity index (χ2v) is 5.70. The number of hydrogen-bond acceptors (Lipinski definition) is 3. The number of hydrogen-bond donors (Lipinski definition) is 2. The standard InChI is InChI=1S/C15H21NO3.C3H8/c17-10-12-6-8-14(9-7-12)19-11-15(18)16-13-4-2-1-3-5-13;1-3-2/h6-9,13,17H,1-5,10-11H2,(H,16,18);3H2,1-2H3. The number of carbonyl (C=O) groups excluding carboxylic acids is 1. The maximum atomic E-state index is 11.7. The lowest BCUT2D eigenvalue weighted by atomic mass is 9.95. The predicted molar refractivity (Wildman–Crippen MR) is 88.8 cm³/mol. The number of amides is 1. The molecule has 2 N–H and O–H groups in total. The molecule has 1 aliphatic carbocycles. The molecule has 1 aromatic carbocycles. The highest BCUT2D eigenvalue weighted by Gasteiger charge is 2.15. The molecule has 2 rings (SSSR count). The van der Waals surface area contributed by atoms with Crippen LogP contribution in [0.1, 0.15) is 57.9 Å². The molecule has 22 heavy (non-hydrogen) atoms. The number of rotatable bonds is 5. The van der Waals surface area contributed by atoms with E-state index in [9.17, 15) is 4.79 Å². The molecule has 1 aromatic rings. The van der Waals surface area contributed by atoms with Crippen molar-refractivity contribution >= 4 is 5.91 Å². The van der Waals surface area contributed by atoms with E-state index in [2.05, 4.69) is 19.2 Å². The number of nitrogens with one attached hydrogen (secondary N) is 1. The highest BCUT2D eigenvalue weighted by Crippen LogP contribution is 2.17. The molecule has 1 aliphatic rings. The van der Waals surface area contributed by atoms with E-state index in [4.69, 9.17) is 9.84 Å². The summed E-state index contributed by atoms with van der Waals surface area (Å²) < 4.78 is 5.42. The van der Waals surface area contributed by atoms with Crippen LogP contribution in [0.4, 0.5) is 0 Å². The van der Waals surface area contributed by atoms with Crippen molar-refractivity contribution in [1.82, 2.24) is 5.32 Å². The van der Waals surface area contributed by atoms with Gasteiger partial charge in [-0.2, -0.15) is 0 Å². The Balaban J connectivity index is 0.000000745. The summed E-state index contributed by atoms with van der Waals surface area (Å²) >= 11 is 0. The van der Waals surface area contributed by atoms with Gasteiger partial charge in [-0.05, 0) is 30.5 Å². The van der Waals surface area contributed by atoms with Crippen LogP contribution in [0.25, 0.3) is 0 Å². The zero-order valence-electron chi connectivity index (χ0n) is 13.8. The molecule has 0 heterocycles. The Morgan fingerprint density at radius 2 is 1.77 bits per heavy atom. The van der Waals surface area contributed by atoms with Crippen molar-refractivity contribution < 1.29 is 14.6 Å². The van der Waals surface area contributed by atoms with Crippen LogP contribution in [0, 0.1) is 0 Å². The lowest BCUT2D eigenvalue weighted by molar-refractivity contribution is -0.124. The van der Waals surface area contributed by atoms with Crippen LogP contribution in [0.2, 0.25) is 0 Å². The van der Waals surface area contributed by atoms with Crippen LogP contribution in [-0.2, 0) is 11.4 Å². The zero-order valence-corrected chi connectivity index (χ0v) is 13.8. The fraction of sp³-hybridized carbons (Fsp3) is 0.611. The highest BCUT2D eigenvalue weighted by molar-refractivity contribution is 5.77. The summed E-state index contributed by atoms with van der Waals surface area (Å²) in [5, 5.41) is 11.9. The minimum absolute atomic E-state index is 0.0163. The van der Waals surface area contributed by atoms with Crippen molar-refractivity contribution in [2.24, 2.45) is 0 Å². The van der Waals surface area contributed by atoms with Gasteiger partial charge in [-0.1, -0.05) is 51.7 Å². The molecule has 0 spiro atoms. The topological polar surface area (TPSA) is 58.6 Å². The van der Waals surface area contributed by atoms with Gasteiger partial charge in [0.1, 0.15) is 5.75 Å². The van der Waals surface area contributed by atoms with Crippen LogP contribution in [0.15, 0.2) is 24.3 Å². The van der Waals surface area contributed by atoms with Crippen molar-refractivity contribution in [2.75, 3.05) is 6.61 Å². The number of aliphatic hydroxyl groups is 1. The molecule has 4 heteroatoms. The van der Waals surface area contributed by atoms with E-state index in [1.165, 1.54) is 25.7 Å². The number of ether oxygens (including phenoxy) is 1. The van der Waals surface area contributed by atoms with E-state index >= 15 is 0 Å². The SMILES string of the molecule is CCC.O=C(COc1ccc(CO)cc1)NC1CCCCC1. The fourth-order valence-electron chi connectivity index (χ4n) is 2.36. The van der Waals surface area contributed by atoms with Gasteiger partial charge in [0.05, 0.1) is 6.61 Å². The third kappa shape index (κ3) is 7.46. The van der Waals surface area contributed by atoms with E-state index in [1.807, 2.05) is 0 Å². The Labute approximate surface area is 133 Å². The average molecular weight is 307 g/mol. The number of aliphatic hydroxyl groups excluding tert-OH is 1. The van der Waals surface area contributed by atoms with E-state index in [1.54, 1.807) is 24.3 Å². The molecule has 0 bridgehead atoms. The van der Waals surface area contributed by atoms with Crippen molar-refractivity contribution in [3.8, 4) is 5.75 Å². The molecule has 0 unspecified atom stereocenters. The molecule has 1 fully saturated rings. The number of benzene rings is 1. The number of carbonyl (C=O) groups is 1. The van der Waals surface area contributed by atoms with Crippen LogP contribution >= 0.6 is 0 Å². The highest BCUT2D eigenvalue weighted by atomic mass is 16.5. The Morgan fingerprint density at radius 3 is 2.32 bits per heavy atom. The quantitative estimate of drug-likeness (QED) is 0.876. The first-order valence-corrected chi connectivity index (χ1v) is 8.31. The Hall–Kier alpha value is -1.55. The Kier molecular flexibility index (Phi) is 9.31. The lowest BCUT2D eigenvalue weighted by Gasteiger charge is -2.22. The van der Waals surface area contributed by atoms with E-state index in [0.29, 0.717) is 11.8 Å². The first-order valence-electron chi connectivity index (χ1n) is 8.31. The van der Waals surface area contributed by atoms with E-state index < -0.39 is 0 Å². The summed E-state index contributed by atoms with van der Waals surface area (Å²) in [6.07, 6.45) is 7.09. The zero-order chi connectivity index (χ0) is 16.2. The Bertz CT molecular complexity index is 411. The van der Waals surface area contributed by atoms with Crippen LogP contribution < -0.4 is 10.1 Å². The minimum atomic E-state index is -0.0573. The van der Waals surface area contributed by atoms with Gasteiger partial charge >= 0.3 is 0 Å². The van der Waals surface area contributed by atoms with Gasteiger partial charge in [-0.15, -0.1) is 0 Å². The molecule has 0 radical (unpaired) electrons. The summed E-state index contributed by atoms with van der Waals surface area (Å²) in [5.41, 5.74) is 0.832. The van der Waals surface area contributed by atoms with Crippen LogP contribution in [0.5, 0.6) is 5.75 Å². The van der Waals surface area contributed by atoms with Crippen molar-refractivity contribution in [3.05, 3.63) is 29.8 Å². The van der Waals surface area contributed by atoms with Gasteiger partial charge in [0.25, 0.3) is 5.91 Å². The maximum absolute atomic E-state index is 11.7. The Morgan fingerprint density at radius 1 is 1.18 bits per heavy atom. The molecular weight excluding hydrogens is 278 g/mol. The van der Waals surface area contributed by atoms with E-state index in [0.717, 1.165) is 18.4 Å². The van der Waals surface area contributed by atoms with Gasteiger partial charge in [0, 0.05) is 6.04 Å². The minimum Gasteiger partial charge on any atom is -0.484 e. The van der Waals surface area contributed by atoms with Gasteiger partial charge in [0.2, 0.25) is 0 Å². The van der Waals surface area contributed by atoms with Gasteiger partial charge in [0.15, 0.2) is 6.61 Å². The first-order chi connectivity index (χ1) is 10.7. The van der Waals surface area contributed by atoms with Gasteiger partial charge in [-0.3, -0.25) is 4.79 Å². The molecule has 0 aromatic heterocycles. The third-order valence-corrected chi connectivity index (χ3v) is 3.45. The lowest BCUT2D eigenvalue weighted by Crippen LogP contribution is -2.38. The molecule has 124 valence electrons. The third-order valence-electron chi connectivity index (χ3n) is 3.45. The van der Waals surface area contributed by atoms with Crippen LogP contribution in [-0.4, -0.2) is 23.7 Å². The van der Waals surface area contributed by atoms with Gasteiger partial charge in [-0.25, -0.2) is 0 Å².